The van der Waals surface area contributed by atoms with Crippen molar-refractivity contribution in [1.82, 2.24) is 20.2 Å². The van der Waals surface area contributed by atoms with E-state index in [1.165, 1.54) is 12.1 Å². The fraction of sp³-hybridized carbons (Fsp3) is 0.529. The molecule has 8 heteroatoms. The summed E-state index contributed by atoms with van der Waals surface area (Å²) in [5.41, 5.74) is 0.869. The summed E-state index contributed by atoms with van der Waals surface area (Å²) in [4.78, 5) is 16.1. The topological polar surface area (TPSA) is 59.0 Å². The maximum absolute atomic E-state index is 13.2. The molecule has 1 atom stereocenters. The highest BCUT2D eigenvalue weighted by Crippen LogP contribution is 2.33. The van der Waals surface area contributed by atoms with E-state index < -0.39 is 18.0 Å². The lowest BCUT2D eigenvalue weighted by Gasteiger charge is -2.23. The second-order valence-electron chi connectivity index (χ2n) is 6.62. The normalized spacial score (nSPS) is 18.7. The summed E-state index contributed by atoms with van der Waals surface area (Å²) in [6, 6.07) is 4.15. The Kier molecular flexibility index (Phi) is 4.73. The van der Waals surface area contributed by atoms with E-state index in [1.54, 1.807) is 19.9 Å². The first-order valence-electron chi connectivity index (χ1n) is 8.38. The molecule has 1 unspecified atom stereocenters. The number of amides is 1. The molecule has 136 valence electrons. The van der Waals surface area contributed by atoms with Gasteiger partial charge in [-0.05, 0) is 51.4 Å². The quantitative estimate of drug-likeness (QED) is 0.890. The SMILES string of the molecule is CC(C)n1c(C(F)(F)F)nc2cc(C(=O)NC3CCCNC3)ccc21. The second kappa shape index (κ2) is 6.67. The van der Waals surface area contributed by atoms with E-state index in [9.17, 15) is 18.0 Å². The van der Waals surface area contributed by atoms with Crippen LogP contribution in [0.5, 0.6) is 0 Å². The first kappa shape index (κ1) is 17.7. The van der Waals surface area contributed by atoms with Gasteiger partial charge in [-0.3, -0.25) is 4.79 Å². The van der Waals surface area contributed by atoms with Crippen molar-refractivity contribution in [2.24, 2.45) is 0 Å². The van der Waals surface area contributed by atoms with E-state index in [2.05, 4.69) is 15.6 Å². The van der Waals surface area contributed by atoms with Crippen LogP contribution < -0.4 is 10.6 Å². The molecule has 2 aromatic rings. The largest absolute Gasteiger partial charge is 0.449 e. The highest BCUT2D eigenvalue weighted by Gasteiger charge is 2.38. The highest BCUT2D eigenvalue weighted by atomic mass is 19.4. The number of aromatic nitrogens is 2. The summed E-state index contributed by atoms with van der Waals surface area (Å²) in [5, 5.41) is 6.12. The molecule has 2 N–H and O–H groups in total. The van der Waals surface area contributed by atoms with Gasteiger partial charge >= 0.3 is 6.18 Å². The number of halogens is 3. The van der Waals surface area contributed by atoms with Crippen LogP contribution in [0, 0.1) is 0 Å². The lowest BCUT2D eigenvalue weighted by molar-refractivity contribution is -0.147. The van der Waals surface area contributed by atoms with Crippen molar-refractivity contribution in [3.63, 3.8) is 0 Å². The van der Waals surface area contributed by atoms with Crippen LogP contribution in [0.15, 0.2) is 18.2 Å². The summed E-state index contributed by atoms with van der Waals surface area (Å²) in [5.74, 6) is -1.23. The van der Waals surface area contributed by atoms with Gasteiger partial charge in [0.1, 0.15) is 0 Å². The van der Waals surface area contributed by atoms with Gasteiger partial charge in [0.25, 0.3) is 5.91 Å². The molecule has 1 amide bonds. The third kappa shape index (κ3) is 3.63. The molecular weight excluding hydrogens is 333 g/mol. The van der Waals surface area contributed by atoms with Crippen molar-refractivity contribution in [2.75, 3.05) is 13.1 Å². The van der Waals surface area contributed by atoms with Crippen molar-refractivity contribution in [3.05, 3.63) is 29.6 Å². The minimum atomic E-state index is -4.54. The molecule has 0 aliphatic carbocycles. The molecule has 1 fully saturated rings. The first-order chi connectivity index (χ1) is 11.8. The molecule has 1 aromatic carbocycles. The molecule has 2 heterocycles. The van der Waals surface area contributed by atoms with Gasteiger partial charge in [-0.2, -0.15) is 13.2 Å². The van der Waals surface area contributed by atoms with Crippen molar-refractivity contribution in [3.8, 4) is 0 Å². The molecular formula is C17H21F3N4O. The predicted octanol–water partition coefficient (Wildman–Crippen LogP) is 3.12. The molecule has 1 aliphatic rings. The Morgan fingerprint density at radius 1 is 1.40 bits per heavy atom. The fourth-order valence-corrected chi connectivity index (χ4v) is 3.21. The molecule has 0 bridgehead atoms. The Bertz CT molecular complexity index is 776. The molecule has 1 aromatic heterocycles. The van der Waals surface area contributed by atoms with Crippen molar-refractivity contribution in [2.45, 2.75) is 44.9 Å². The van der Waals surface area contributed by atoms with Gasteiger partial charge in [0, 0.05) is 24.2 Å². The maximum atomic E-state index is 13.2. The summed E-state index contributed by atoms with van der Waals surface area (Å²) in [6.07, 6.45) is -2.67. The number of benzene rings is 1. The molecule has 0 radical (unpaired) electrons. The van der Waals surface area contributed by atoms with Gasteiger partial charge in [-0.1, -0.05) is 0 Å². The van der Waals surface area contributed by atoms with Gasteiger partial charge in [0.05, 0.1) is 11.0 Å². The number of rotatable bonds is 3. The minimum Gasteiger partial charge on any atom is -0.348 e. The Morgan fingerprint density at radius 2 is 2.16 bits per heavy atom. The number of hydrogen-bond acceptors (Lipinski definition) is 3. The molecule has 0 saturated carbocycles. The van der Waals surface area contributed by atoms with Gasteiger partial charge in [-0.15, -0.1) is 0 Å². The van der Waals surface area contributed by atoms with Crippen molar-refractivity contribution < 1.29 is 18.0 Å². The average molecular weight is 354 g/mol. The van der Waals surface area contributed by atoms with Crippen LogP contribution >= 0.6 is 0 Å². The monoisotopic (exact) mass is 354 g/mol. The van der Waals surface area contributed by atoms with Crippen LogP contribution in [0.1, 0.15) is 48.9 Å². The van der Waals surface area contributed by atoms with E-state index in [0.717, 1.165) is 24.0 Å². The number of nitrogens with zero attached hydrogens (tertiary/aromatic N) is 2. The smallest absolute Gasteiger partial charge is 0.348 e. The number of piperidine rings is 1. The number of hydrogen-bond donors (Lipinski definition) is 2. The lowest BCUT2D eigenvalue weighted by Crippen LogP contribution is -2.45. The van der Waals surface area contributed by atoms with Crippen LogP contribution in [-0.4, -0.2) is 34.6 Å². The van der Waals surface area contributed by atoms with Crippen LogP contribution in [-0.2, 0) is 6.18 Å². The van der Waals surface area contributed by atoms with E-state index >= 15 is 0 Å². The van der Waals surface area contributed by atoms with Gasteiger partial charge in [-0.25, -0.2) is 4.98 Å². The zero-order chi connectivity index (χ0) is 18.2. The second-order valence-corrected chi connectivity index (χ2v) is 6.62. The Hall–Kier alpha value is -2.09. The standard InChI is InChI=1S/C17H21F3N4O/c1-10(2)24-14-6-5-11(8-13(14)23-16(24)17(18,19)20)15(25)22-12-4-3-7-21-9-12/h5-6,8,10,12,21H,3-4,7,9H2,1-2H3,(H,22,25). The van der Waals surface area contributed by atoms with Crippen LogP contribution in [0.2, 0.25) is 0 Å². The third-order valence-electron chi connectivity index (χ3n) is 4.35. The summed E-state index contributed by atoms with van der Waals surface area (Å²) in [7, 11) is 0. The number of alkyl halides is 3. The number of carbonyl (C=O) groups excluding carboxylic acids is 1. The fourth-order valence-electron chi connectivity index (χ4n) is 3.21. The number of nitrogens with one attached hydrogen (secondary N) is 2. The van der Waals surface area contributed by atoms with Crippen LogP contribution in [0.3, 0.4) is 0 Å². The maximum Gasteiger partial charge on any atom is 0.449 e. The summed E-state index contributed by atoms with van der Waals surface area (Å²) < 4.78 is 40.9. The summed E-state index contributed by atoms with van der Waals surface area (Å²) in [6.45, 7) is 4.99. The third-order valence-corrected chi connectivity index (χ3v) is 4.35. The zero-order valence-electron chi connectivity index (χ0n) is 14.2. The molecule has 5 nitrogen and oxygen atoms in total. The Morgan fingerprint density at radius 3 is 2.76 bits per heavy atom. The molecule has 1 saturated heterocycles. The van der Waals surface area contributed by atoms with Gasteiger partial charge < -0.3 is 15.2 Å². The predicted molar refractivity (Wildman–Crippen MR) is 88.5 cm³/mol. The van der Waals surface area contributed by atoms with Crippen LogP contribution in [0.4, 0.5) is 13.2 Å². The van der Waals surface area contributed by atoms with E-state index in [4.69, 9.17) is 0 Å². The van der Waals surface area contributed by atoms with Crippen molar-refractivity contribution in [1.29, 1.82) is 0 Å². The van der Waals surface area contributed by atoms with E-state index in [-0.39, 0.29) is 17.5 Å². The lowest BCUT2D eigenvalue weighted by atomic mass is 10.1. The minimum absolute atomic E-state index is 0.0379. The summed E-state index contributed by atoms with van der Waals surface area (Å²) >= 11 is 0. The van der Waals surface area contributed by atoms with E-state index in [0.29, 0.717) is 17.6 Å². The molecule has 3 rings (SSSR count). The van der Waals surface area contributed by atoms with Crippen LogP contribution in [0.25, 0.3) is 11.0 Å². The van der Waals surface area contributed by atoms with Crippen molar-refractivity contribution >= 4 is 16.9 Å². The van der Waals surface area contributed by atoms with E-state index in [1.807, 2.05) is 0 Å². The molecule has 0 spiro atoms. The number of fused-ring (bicyclic) bond motifs is 1. The zero-order valence-corrected chi connectivity index (χ0v) is 14.2. The Balaban J connectivity index is 1.93. The first-order valence-corrected chi connectivity index (χ1v) is 8.38. The van der Waals surface area contributed by atoms with Gasteiger partial charge in [0.15, 0.2) is 0 Å². The van der Waals surface area contributed by atoms with Gasteiger partial charge in [0.2, 0.25) is 5.82 Å². The number of carbonyl (C=O) groups is 1. The Labute approximate surface area is 143 Å². The molecule has 25 heavy (non-hydrogen) atoms. The average Bonchev–Trinajstić information content (AvgIpc) is 2.94. The molecule has 1 aliphatic heterocycles. The number of imidazole rings is 1. The highest BCUT2D eigenvalue weighted by molar-refractivity contribution is 5.97.